The van der Waals surface area contributed by atoms with E-state index in [1.165, 1.54) is 24.3 Å². The summed E-state index contributed by atoms with van der Waals surface area (Å²) in [6.45, 7) is 0.153. The van der Waals surface area contributed by atoms with Crippen LogP contribution in [0.5, 0.6) is 5.75 Å². The number of furan rings is 1. The number of halogens is 1. The van der Waals surface area contributed by atoms with Gasteiger partial charge in [0.1, 0.15) is 23.9 Å². The zero-order valence-corrected chi connectivity index (χ0v) is 14.3. The Labute approximate surface area is 149 Å². The molecule has 25 heavy (non-hydrogen) atoms. The molecule has 1 aromatic heterocycles. The second-order valence-electron chi connectivity index (χ2n) is 5.16. The zero-order chi connectivity index (χ0) is 17.6. The fraction of sp³-hybridized carbons (Fsp3) is 0.105. The van der Waals surface area contributed by atoms with Crippen LogP contribution in [0.2, 0.25) is 0 Å². The Morgan fingerprint density at radius 2 is 1.88 bits per heavy atom. The van der Waals surface area contributed by atoms with E-state index in [9.17, 15) is 9.18 Å². The lowest BCUT2D eigenvalue weighted by atomic mass is 10.3. The number of hydrogen-bond acceptors (Lipinski definition) is 4. The monoisotopic (exact) mass is 357 g/mol. The van der Waals surface area contributed by atoms with Gasteiger partial charge in [-0.15, -0.1) is 11.8 Å². The maximum atomic E-state index is 12.9. The van der Waals surface area contributed by atoms with Gasteiger partial charge in [-0.05, 0) is 54.8 Å². The predicted molar refractivity (Wildman–Crippen MR) is 95.6 cm³/mol. The maximum absolute atomic E-state index is 12.9. The standard InChI is InChI=1S/C19H16FNO3S/c1-25-18-5-3-2-4-16(18)21-19(22)17-11-10-15(24-17)12-23-14-8-6-13(20)7-9-14/h2-11H,12H2,1H3,(H,21,22). The lowest BCUT2D eigenvalue weighted by Crippen LogP contribution is -2.11. The van der Waals surface area contributed by atoms with E-state index in [1.807, 2.05) is 30.5 Å². The van der Waals surface area contributed by atoms with Gasteiger partial charge in [-0.3, -0.25) is 4.79 Å². The van der Waals surface area contributed by atoms with Crippen LogP contribution in [-0.2, 0) is 6.61 Å². The molecule has 0 fully saturated rings. The van der Waals surface area contributed by atoms with Crippen molar-refractivity contribution in [3.8, 4) is 5.75 Å². The molecule has 3 rings (SSSR count). The van der Waals surface area contributed by atoms with Crippen molar-refractivity contribution >= 4 is 23.4 Å². The molecule has 0 saturated heterocycles. The molecule has 2 aromatic carbocycles. The van der Waals surface area contributed by atoms with Gasteiger partial charge < -0.3 is 14.5 Å². The van der Waals surface area contributed by atoms with E-state index in [2.05, 4.69) is 5.32 Å². The number of benzene rings is 2. The van der Waals surface area contributed by atoms with Gasteiger partial charge in [0.05, 0.1) is 5.69 Å². The van der Waals surface area contributed by atoms with Gasteiger partial charge in [-0.25, -0.2) is 4.39 Å². The molecular weight excluding hydrogens is 341 g/mol. The minimum absolute atomic E-state index is 0.153. The van der Waals surface area contributed by atoms with Crippen molar-refractivity contribution in [3.05, 3.63) is 78.0 Å². The van der Waals surface area contributed by atoms with Gasteiger partial charge in [0.25, 0.3) is 5.91 Å². The molecule has 1 N–H and O–H groups in total. The van der Waals surface area contributed by atoms with Crippen LogP contribution in [-0.4, -0.2) is 12.2 Å². The third-order valence-electron chi connectivity index (χ3n) is 3.44. The van der Waals surface area contributed by atoms with Crippen LogP contribution in [0.4, 0.5) is 10.1 Å². The van der Waals surface area contributed by atoms with Crippen molar-refractivity contribution in [1.82, 2.24) is 0 Å². The van der Waals surface area contributed by atoms with Gasteiger partial charge in [-0.2, -0.15) is 0 Å². The quantitative estimate of drug-likeness (QED) is 0.633. The molecule has 128 valence electrons. The summed E-state index contributed by atoms with van der Waals surface area (Å²) in [5.41, 5.74) is 0.737. The summed E-state index contributed by atoms with van der Waals surface area (Å²) in [4.78, 5) is 13.3. The summed E-state index contributed by atoms with van der Waals surface area (Å²) in [5, 5.41) is 2.84. The minimum atomic E-state index is -0.325. The molecule has 0 atom stereocenters. The Balaban J connectivity index is 1.62. The molecule has 0 radical (unpaired) electrons. The zero-order valence-electron chi connectivity index (χ0n) is 13.5. The maximum Gasteiger partial charge on any atom is 0.291 e. The van der Waals surface area contributed by atoms with Crippen LogP contribution in [0, 0.1) is 5.82 Å². The van der Waals surface area contributed by atoms with Gasteiger partial charge >= 0.3 is 0 Å². The number of nitrogens with one attached hydrogen (secondary N) is 1. The number of rotatable bonds is 6. The number of thioether (sulfide) groups is 1. The van der Waals surface area contributed by atoms with Crippen LogP contribution in [0.1, 0.15) is 16.3 Å². The largest absolute Gasteiger partial charge is 0.486 e. The van der Waals surface area contributed by atoms with Crippen LogP contribution >= 0.6 is 11.8 Å². The number of amides is 1. The smallest absolute Gasteiger partial charge is 0.291 e. The number of para-hydroxylation sites is 1. The van der Waals surface area contributed by atoms with Crippen LogP contribution in [0.3, 0.4) is 0 Å². The highest BCUT2D eigenvalue weighted by Gasteiger charge is 2.13. The van der Waals surface area contributed by atoms with E-state index >= 15 is 0 Å². The van der Waals surface area contributed by atoms with Crippen molar-refractivity contribution < 1.29 is 18.3 Å². The van der Waals surface area contributed by atoms with E-state index in [0.717, 1.165) is 10.6 Å². The molecule has 0 aliphatic carbocycles. The fourth-order valence-corrected chi connectivity index (χ4v) is 2.75. The summed E-state index contributed by atoms with van der Waals surface area (Å²) in [6, 6.07) is 16.5. The van der Waals surface area contributed by atoms with E-state index in [-0.39, 0.29) is 24.1 Å². The lowest BCUT2D eigenvalue weighted by molar-refractivity contribution is 0.0992. The Morgan fingerprint density at radius 3 is 2.64 bits per heavy atom. The topological polar surface area (TPSA) is 51.5 Å². The third-order valence-corrected chi connectivity index (χ3v) is 4.23. The summed E-state index contributed by atoms with van der Waals surface area (Å²) >= 11 is 1.55. The van der Waals surface area contributed by atoms with Gasteiger partial charge in [0, 0.05) is 4.90 Å². The Hall–Kier alpha value is -2.73. The number of carbonyl (C=O) groups is 1. The predicted octanol–water partition coefficient (Wildman–Crippen LogP) is 4.97. The number of carbonyl (C=O) groups excluding carboxylic acids is 1. The summed E-state index contributed by atoms with van der Waals surface area (Å²) in [5.74, 6) is 0.586. The molecule has 4 nitrogen and oxygen atoms in total. The molecule has 1 heterocycles. The van der Waals surface area contributed by atoms with Crippen molar-refractivity contribution in [2.75, 3.05) is 11.6 Å². The number of hydrogen-bond donors (Lipinski definition) is 1. The average molecular weight is 357 g/mol. The van der Waals surface area contributed by atoms with Crippen LogP contribution < -0.4 is 10.1 Å². The summed E-state index contributed by atoms with van der Waals surface area (Å²) < 4.78 is 23.9. The highest BCUT2D eigenvalue weighted by Crippen LogP contribution is 2.25. The van der Waals surface area contributed by atoms with E-state index in [4.69, 9.17) is 9.15 Å². The fourth-order valence-electron chi connectivity index (χ4n) is 2.19. The van der Waals surface area contributed by atoms with Gasteiger partial charge in [0.15, 0.2) is 5.76 Å². The Kier molecular flexibility index (Phi) is 5.40. The first-order chi connectivity index (χ1) is 12.2. The second-order valence-corrected chi connectivity index (χ2v) is 6.01. The molecule has 3 aromatic rings. The van der Waals surface area contributed by atoms with E-state index < -0.39 is 0 Å². The van der Waals surface area contributed by atoms with E-state index in [1.54, 1.807) is 23.9 Å². The molecular formula is C19H16FNO3S. The SMILES string of the molecule is CSc1ccccc1NC(=O)c1ccc(COc2ccc(F)cc2)o1. The third kappa shape index (κ3) is 4.42. The van der Waals surface area contributed by atoms with Crippen LogP contribution in [0.25, 0.3) is 0 Å². The van der Waals surface area contributed by atoms with Gasteiger partial charge in [0.2, 0.25) is 0 Å². The van der Waals surface area contributed by atoms with Crippen molar-refractivity contribution in [2.45, 2.75) is 11.5 Å². The molecule has 6 heteroatoms. The van der Waals surface area contributed by atoms with Crippen LogP contribution in [0.15, 0.2) is 70.0 Å². The van der Waals surface area contributed by atoms with Crippen molar-refractivity contribution in [3.63, 3.8) is 0 Å². The molecule has 0 saturated carbocycles. The molecule has 0 aliphatic rings. The summed E-state index contributed by atoms with van der Waals surface area (Å²) in [7, 11) is 0. The number of ether oxygens (including phenoxy) is 1. The molecule has 0 spiro atoms. The van der Waals surface area contributed by atoms with Gasteiger partial charge in [-0.1, -0.05) is 12.1 Å². The lowest BCUT2D eigenvalue weighted by Gasteiger charge is -2.07. The number of anilines is 1. The molecule has 0 bridgehead atoms. The van der Waals surface area contributed by atoms with Crippen molar-refractivity contribution in [1.29, 1.82) is 0 Å². The molecule has 0 unspecified atom stereocenters. The highest BCUT2D eigenvalue weighted by atomic mass is 32.2. The Bertz CT molecular complexity index is 861. The van der Waals surface area contributed by atoms with Crippen molar-refractivity contribution in [2.24, 2.45) is 0 Å². The second kappa shape index (κ2) is 7.90. The normalized spacial score (nSPS) is 10.5. The minimum Gasteiger partial charge on any atom is -0.486 e. The molecule has 0 aliphatic heterocycles. The highest BCUT2D eigenvalue weighted by molar-refractivity contribution is 7.98. The first-order valence-corrected chi connectivity index (χ1v) is 8.79. The Morgan fingerprint density at radius 1 is 1.12 bits per heavy atom. The summed E-state index contributed by atoms with van der Waals surface area (Å²) in [6.07, 6.45) is 1.95. The average Bonchev–Trinajstić information content (AvgIpc) is 3.11. The first kappa shape index (κ1) is 17.1. The van der Waals surface area contributed by atoms with E-state index in [0.29, 0.717) is 11.5 Å². The molecule has 1 amide bonds. The first-order valence-electron chi connectivity index (χ1n) is 7.57.